The smallest absolute Gasteiger partial charge is 0.314 e. The molecule has 0 amide bonds. The second kappa shape index (κ2) is 25.4. The van der Waals surface area contributed by atoms with E-state index in [-0.39, 0.29) is 0 Å². The molecular weight excluding hydrogens is 321 g/mol. The third kappa shape index (κ3) is 33.7. The summed E-state index contributed by atoms with van der Waals surface area (Å²) in [6.07, 6.45) is 23.2. The van der Waals surface area contributed by atoms with E-state index in [1.54, 1.807) is 0 Å². The zero-order valence-electron chi connectivity index (χ0n) is 16.3. The van der Waals surface area contributed by atoms with Crippen molar-refractivity contribution >= 4 is 8.25 Å². The highest BCUT2D eigenvalue weighted by molar-refractivity contribution is 7.30. The first-order valence-electron chi connectivity index (χ1n) is 10.2. The predicted molar refractivity (Wildman–Crippen MR) is 107 cm³/mol. The maximum absolute atomic E-state index is 8.74. The zero-order valence-corrected chi connectivity index (χ0v) is 17.3. The molecule has 0 aliphatic carbocycles. The van der Waals surface area contributed by atoms with Crippen molar-refractivity contribution in [3.05, 3.63) is 0 Å². The molecule has 0 aromatic heterocycles. The normalized spacial score (nSPS) is 10.7. The largest absolute Gasteiger partial charge is 0.326 e. The highest BCUT2D eigenvalue weighted by Crippen LogP contribution is 2.13. The maximum atomic E-state index is 8.74. The molecule has 0 fully saturated rings. The molecule has 0 saturated carbocycles. The molecule has 24 heavy (non-hydrogen) atoms. The lowest BCUT2D eigenvalue weighted by Crippen LogP contribution is -2.06. The van der Waals surface area contributed by atoms with Crippen LogP contribution in [0.3, 0.4) is 0 Å². The van der Waals surface area contributed by atoms with Gasteiger partial charge in [0.15, 0.2) is 0 Å². The van der Waals surface area contributed by atoms with Gasteiger partial charge in [0.1, 0.15) is 0 Å². The van der Waals surface area contributed by atoms with Gasteiger partial charge in [-0.2, -0.15) is 0 Å². The molecule has 0 aliphatic heterocycles. The SMILES string of the molecule is CCCCCCCCCCCCCCCCCCNC.O=[PH](O)O. The molecule has 5 heteroatoms. The molecule has 0 aromatic rings. The van der Waals surface area contributed by atoms with Crippen molar-refractivity contribution in [1.29, 1.82) is 0 Å². The summed E-state index contributed by atoms with van der Waals surface area (Å²) >= 11 is 0. The fourth-order valence-corrected chi connectivity index (χ4v) is 2.85. The number of rotatable bonds is 17. The molecule has 4 nitrogen and oxygen atoms in total. The van der Waals surface area contributed by atoms with Crippen LogP contribution in [-0.2, 0) is 4.57 Å². The quantitative estimate of drug-likeness (QED) is 0.224. The zero-order chi connectivity index (χ0) is 18.3. The summed E-state index contributed by atoms with van der Waals surface area (Å²) in [7, 11) is -1.08. The Morgan fingerprint density at radius 1 is 0.625 bits per heavy atom. The Balaban J connectivity index is 0. The first-order chi connectivity index (χ1) is 11.6. The van der Waals surface area contributed by atoms with Crippen molar-refractivity contribution in [1.82, 2.24) is 5.32 Å². The highest BCUT2D eigenvalue weighted by Gasteiger charge is 1.94. The summed E-state index contributed by atoms with van der Waals surface area (Å²) in [6, 6.07) is 0. The van der Waals surface area contributed by atoms with Gasteiger partial charge >= 0.3 is 8.25 Å². The van der Waals surface area contributed by atoms with Crippen LogP contribution in [-0.4, -0.2) is 23.4 Å². The van der Waals surface area contributed by atoms with Crippen molar-refractivity contribution in [3.8, 4) is 0 Å². The van der Waals surface area contributed by atoms with E-state index in [4.69, 9.17) is 14.4 Å². The molecule has 0 spiro atoms. The molecule has 0 radical (unpaired) electrons. The van der Waals surface area contributed by atoms with Crippen molar-refractivity contribution in [2.45, 2.75) is 110 Å². The summed E-state index contributed by atoms with van der Waals surface area (Å²) in [5, 5.41) is 3.22. The van der Waals surface area contributed by atoms with E-state index in [2.05, 4.69) is 12.2 Å². The summed E-state index contributed by atoms with van der Waals surface area (Å²) < 4.78 is 8.74. The Morgan fingerprint density at radius 2 is 0.875 bits per heavy atom. The number of unbranched alkanes of at least 4 members (excludes halogenated alkanes) is 15. The molecule has 0 saturated heterocycles. The van der Waals surface area contributed by atoms with E-state index >= 15 is 0 Å². The van der Waals surface area contributed by atoms with Crippen LogP contribution >= 0.6 is 8.25 Å². The van der Waals surface area contributed by atoms with Gasteiger partial charge in [-0.15, -0.1) is 0 Å². The molecular formula is C19H44NO3P. The van der Waals surface area contributed by atoms with Crippen LogP contribution in [0.2, 0.25) is 0 Å². The number of hydrogen-bond acceptors (Lipinski definition) is 2. The van der Waals surface area contributed by atoms with Gasteiger partial charge in [0, 0.05) is 0 Å². The Kier molecular flexibility index (Phi) is 27.8. The van der Waals surface area contributed by atoms with Crippen molar-refractivity contribution < 1.29 is 14.4 Å². The van der Waals surface area contributed by atoms with E-state index in [1.165, 1.54) is 109 Å². The van der Waals surface area contributed by atoms with Gasteiger partial charge in [-0.25, -0.2) is 0 Å². The van der Waals surface area contributed by atoms with Crippen LogP contribution < -0.4 is 5.32 Å². The van der Waals surface area contributed by atoms with Gasteiger partial charge in [-0.3, -0.25) is 4.57 Å². The van der Waals surface area contributed by atoms with Crippen LogP contribution in [0.25, 0.3) is 0 Å². The molecule has 0 aliphatic rings. The van der Waals surface area contributed by atoms with Crippen LogP contribution in [0.5, 0.6) is 0 Å². The average Bonchev–Trinajstić information content (AvgIpc) is 2.54. The minimum Gasteiger partial charge on any atom is -0.326 e. The van der Waals surface area contributed by atoms with Gasteiger partial charge in [0.05, 0.1) is 0 Å². The molecule has 148 valence electrons. The standard InChI is InChI=1S/C19H41N.H3O3P/c1-3-4-5-6-7-8-9-10-11-12-13-14-15-16-17-18-19-20-2;1-4(2)3/h20H,3-19H2,1-2H3;4H,(H2,1,2,3). The van der Waals surface area contributed by atoms with E-state index < -0.39 is 8.25 Å². The molecule has 0 rings (SSSR count). The Morgan fingerprint density at radius 3 is 1.12 bits per heavy atom. The number of hydrogen-bond donors (Lipinski definition) is 3. The first kappa shape index (κ1) is 26.3. The number of nitrogens with one attached hydrogen (secondary N) is 1. The lowest BCUT2D eigenvalue weighted by atomic mass is 10.0. The Bertz CT molecular complexity index is 219. The van der Waals surface area contributed by atoms with Crippen LogP contribution in [0.4, 0.5) is 0 Å². The summed E-state index contributed by atoms with van der Waals surface area (Å²) in [5.41, 5.74) is 0. The second-order valence-electron chi connectivity index (χ2n) is 6.69. The summed E-state index contributed by atoms with van der Waals surface area (Å²) in [4.78, 5) is 14.3. The van der Waals surface area contributed by atoms with Gasteiger partial charge < -0.3 is 15.1 Å². The monoisotopic (exact) mass is 365 g/mol. The third-order valence-electron chi connectivity index (χ3n) is 4.28. The minimum atomic E-state index is -3.13. The second-order valence-corrected chi connectivity index (χ2v) is 7.25. The molecule has 3 N–H and O–H groups in total. The fourth-order valence-electron chi connectivity index (χ4n) is 2.85. The predicted octanol–water partition coefficient (Wildman–Crippen LogP) is 5.83. The van der Waals surface area contributed by atoms with Gasteiger partial charge in [-0.05, 0) is 20.0 Å². The Labute approximate surface area is 151 Å². The van der Waals surface area contributed by atoms with E-state index in [0.29, 0.717) is 0 Å². The summed E-state index contributed by atoms with van der Waals surface area (Å²) in [6.45, 7) is 3.49. The van der Waals surface area contributed by atoms with Crippen LogP contribution in [0, 0.1) is 0 Å². The lowest BCUT2D eigenvalue weighted by Gasteiger charge is -2.03. The van der Waals surface area contributed by atoms with Gasteiger partial charge in [-0.1, -0.05) is 103 Å². The summed E-state index contributed by atoms with van der Waals surface area (Å²) in [5.74, 6) is 0. The lowest BCUT2D eigenvalue weighted by molar-refractivity contribution is 0.405. The van der Waals surface area contributed by atoms with E-state index in [9.17, 15) is 0 Å². The van der Waals surface area contributed by atoms with Crippen molar-refractivity contribution in [3.63, 3.8) is 0 Å². The topological polar surface area (TPSA) is 69.6 Å². The molecule has 0 unspecified atom stereocenters. The molecule has 0 atom stereocenters. The molecule has 0 aromatic carbocycles. The van der Waals surface area contributed by atoms with Gasteiger partial charge in [0.2, 0.25) is 0 Å². The van der Waals surface area contributed by atoms with E-state index in [0.717, 1.165) is 0 Å². The fraction of sp³-hybridized carbons (Fsp3) is 1.00. The first-order valence-corrected chi connectivity index (χ1v) is 11.5. The highest BCUT2D eigenvalue weighted by atomic mass is 31.1. The maximum Gasteiger partial charge on any atom is 0.314 e. The average molecular weight is 366 g/mol. The van der Waals surface area contributed by atoms with Crippen LogP contribution in [0.1, 0.15) is 110 Å². The van der Waals surface area contributed by atoms with Crippen molar-refractivity contribution in [2.24, 2.45) is 0 Å². The third-order valence-corrected chi connectivity index (χ3v) is 4.28. The minimum absolute atomic E-state index is 1.19. The van der Waals surface area contributed by atoms with Crippen LogP contribution in [0.15, 0.2) is 0 Å². The molecule has 0 heterocycles. The van der Waals surface area contributed by atoms with Gasteiger partial charge in [0.25, 0.3) is 0 Å². The molecule has 0 bridgehead atoms. The van der Waals surface area contributed by atoms with Crippen molar-refractivity contribution in [2.75, 3.05) is 13.6 Å². The van der Waals surface area contributed by atoms with E-state index in [1.807, 2.05) is 7.05 Å². The Hall–Kier alpha value is 0.110.